The van der Waals surface area contributed by atoms with Gasteiger partial charge in [-0.3, -0.25) is 9.59 Å². The fraction of sp³-hybridized carbons (Fsp3) is 0.300. The minimum atomic E-state index is -0.308. The lowest BCUT2D eigenvalue weighted by molar-refractivity contribution is -0.885. The highest BCUT2D eigenvalue weighted by molar-refractivity contribution is 6.30. The lowest BCUT2D eigenvalue weighted by Crippen LogP contribution is -3.15. The van der Waals surface area contributed by atoms with Gasteiger partial charge in [0.15, 0.2) is 12.6 Å². The molecule has 6 heteroatoms. The van der Waals surface area contributed by atoms with E-state index in [1.54, 1.807) is 24.3 Å². The predicted molar refractivity (Wildman–Crippen MR) is 104 cm³/mol. The van der Waals surface area contributed by atoms with Gasteiger partial charge in [-0.15, -0.1) is 0 Å². The van der Waals surface area contributed by atoms with Crippen molar-refractivity contribution in [1.29, 1.82) is 0 Å². The number of amides is 2. The van der Waals surface area contributed by atoms with Gasteiger partial charge in [-0.1, -0.05) is 29.8 Å². The average Bonchev–Trinajstić information content (AvgIpc) is 3.06. The molecule has 0 aliphatic carbocycles. The predicted octanol–water partition coefficient (Wildman–Crippen LogP) is 1.77. The van der Waals surface area contributed by atoms with Crippen LogP contribution in [0.4, 0.5) is 11.4 Å². The summed E-state index contributed by atoms with van der Waals surface area (Å²) in [6.45, 7) is 2.78. The van der Waals surface area contributed by atoms with Gasteiger partial charge in [-0.05, 0) is 49.2 Å². The molecule has 2 amide bonds. The molecule has 0 fully saturated rings. The molecule has 1 aliphatic rings. The monoisotopic (exact) mass is 372 g/mol. The molecule has 0 saturated heterocycles. The van der Waals surface area contributed by atoms with Crippen LogP contribution < -0.4 is 15.1 Å². The summed E-state index contributed by atoms with van der Waals surface area (Å²) in [7, 11) is 1.87. The molecular weight excluding hydrogens is 350 g/mol. The molecule has 0 aromatic heterocycles. The van der Waals surface area contributed by atoms with Gasteiger partial charge >= 0.3 is 0 Å². The molecule has 0 spiro atoms. The highest BCUT2D eigenvalue weighted by Gasteiger charge is 2.32. The number of benzene rings is 2. The van der Waals surface area contributed by atoms with E-state index < -0.39 is 0 Å². The Morgan fingerprint density at radius 3 is 2.62 bits per heavy atom. The summed E-state index contributed by atoms with van der Waals surface area (Å²) in [5.41, 5.74) is 2.88. The van der Waals surface area contributed by atoms with Crippen LogP contribution in [0.15, 0.2) is 48.5 Å². The van der Waals surface area contributed by atoms with Gasteiger partial charge in [0, 0.05) is 22.9 Å². The molecule has 1 heterocycles. The maximum atomic E-state index is 12.9. The quantitative estimate of drug-likeness (QED) is 0.840. The standard InChI is InChI=1S/C20H22ClN3O2/c1-14(20(26)24-12-11-15-5-3-4-6-18(15)24)23(2)13-19(25)22-17-9-7-16(21)8-10-17/h3-10,14H,11-13H2,1-2H3,(H,22,25)/p+1/t14-/m0/s1. The topological polar surface area (TPSA) is 53.9 Å². The third kappa shape index (κ3) is 4.06. The van der Waals surface area contributed by atoms with Gasteiger partial charge in [-0.25, -0.2) is 0 Å². The number of anilines is 2. The zero-order valence-electron chi connectivity index (χ0n) is 15.0. The molecule has 3 rings (SSSR count). The van der Waals surface area contributed by atoms with Gasteiger partial charge < -0.3 is 15.1 Å². The summed E-state index contributed by atoms with van der Waals surface area (Å²) in [6.07, 6.45) is 0.880. The van der Waals surface area contributed by atoms with Crippen LogP contribution in [-0.4, -0.2) is 38.0 Å². The Morgan fingerprint density at radius 1 is 1.19 bits per heavy atom. The zero-order valence-corrected chi connectivity index (χ0v) is 15.7. The van der Waals surface area contributed by atoms with E-state index in [9.17, 15) is 9.59 Å². The molecule has 0 saturated carbocycles. The van der Waals surface area contributed by atoms with Crippen molar-refractivity contribution in [3.8, 4) is 0 Å². The van der Waals surface area contributed by atoms with E-state index in [1.807, 2.05) is 37.1 Å². The number of carbonyl (C=O) groups excluding carboxylic acids is 2. The smallest absolute Gasteiger partial charge is 0.284 e. The minimum Gasteiger partial charge on any atom is -0.321 e. The molecule has 2 aromatic carbocycles. The fourth-order valence-corrected chi connectivity index (χ4v) is 3.28. The van der Waals surface area contributed by atoms with E-state index in [0.717, 1.165) is 17.0 Å². The molecule has 2 aromatic rings. The molecule has 0 bridgehead atoms. The largest absolute Gasteiger partial charge is 0.321 e. The van der Waals surface area contributed by atoms with Crippen LogP contribution in [0.5, 0.6) is 0 Å². The Hall–Kier alpha value is -2.37. The SMILES string of the molecule is C[C@@H](C(=O)N1CCc2ccccc21)[NH+](C)CC(=O)Nc1ccc(Cl)cc1. The number of hydrogen-bond acceptors (Lipinski definition) is 2. The van der Waals surface area contributed by atoms with E-state index in [4.69, 9.17) is 11.6 Å². The molecule has 1 unspecified atom stereocenters. The molecule has 136 valence electrons. The zero-order chi connectivity index (χ0) is 18.7. The van der Waals surface area contributed by atoms with Crippen molar-refractivity contribution in [1.82, 2.24) is 0 Å². The summed E-state index contributed by atoms with van der Waals surface area (Å²) in [6, 6.07) is 14.6. The van der Waals surface area contributed by atoms with E-state index in [2.05, 4.69) is 11.4 Å². The summed E-state index contributed by atoms with van der Waals surface area (Å²) in [4.78, 5) is 27.8. The Kier molecular flexibility index (Phi) is 5.59. The molecule has 26 heavy (non-hydrogen) atoms. The number of para-hydroxylation sites is 1. The molecule has 2 N–H and O–H groups in total. The first kappa shape index (κ1) is 18.4. The van der Waals surface area contributed by atoms with E-state index in [1.165, 1.54) is 5.56 Å². The van der Waals surface area contributed by atoms with Crippen molar-refractivity contribution in [2.24, 2.45) is 0 Å². The number of hydrogen-bond donors (Lipinski definition) is 2. The molecule has 5 nitrogen and oxygen atoms in total. The third-order valence-electron chi connectivity index (χ3n) is 4.83. The van der Waals surface area contributed by atoms with Crippen molar-refractivity contribution < 1.29 is 14.5 Å². The summed E-state index contributed by atoms with van der Waals surface area (Å²) in [5.74, 6) is -0.0852. The number of halogens is 1. The average molecular weight is 373 g/mol. The highest BCUT2D eigenvalue weighted by atomic mass is 35.5. The highest BCUT2D eigenvalue weighted by Crippen LogP contribution is 2.27. The number of quaternary nitrogens is 1. The first-order valence-corrected chi connectivity index (χ1v) is 9.10. The number of rotatable bonds is 5. The third-order valence-corrected chi connectivity index (χ3v) is 5.08. The maximum absolute atomic E-state index is 12.9. The molecular formula is C20H23ClN3O2+. The van der Waals surface area contributed by atoms with Gasteiger partial charge in [0.2, 0.25) is 0 Å². The number of nitrogens with one attached hydrogen (secondary N) is 2. The van der Waals surface area contributed by atoms with Crippen LogP contribution in [-0.2, 0) is 16.0 Å². The van der Waals surface area contributed by atoms with E-state index >= 15 is 0 Å². The van der Waals surface area contributed by atoms with Crippen molar-refractivity contribution in [2.75, 3.05) is 30.4 Å². The fourth-order valence-electron chi connectivity index (χ4n) is 3.16. The Bertz CT molecular complexity index is 807. The van der Waals surface area contributed by atoms with Gasteiger partial charge in [-0.2, -0.15) is 0 Å². The molecule has 2 atom stereocenters. The van der Waals surface area contributed by atoms with Gasteiger partial charge in [0.25, 0.3) is 11.8 Å². The minimum absolute atomic E-state index is 0.0479. The normalized spacial score (nSPS) is 15.3. The molecule has 0 radical (unpaired) electrons. The first-order chi connectivity index (χ1) is 12.5. The summed E-state index contributed by atoms with van der Waals surface area (Å²) < 4.78 is 0. The summed E-state index contributed by atoms with van der Waals surface area (Å²) in [5, 5.41) is 3.46. The van der Waals surface area contributed by atoms with Crippen molar-refractivity contribution in [2.45, 2.75) is 19.4 Å². The summed E-state index contributed by atoms with van der Waals surface area (Å²) >= 11 is 5.85. The maximum Gasteiger partial charge on any atom is 0.284 e. The Balaban J connectivity index is 1.59. The van der Waals surface area contributed by atoms with Crippen LogP contribution in [0.1, 0.15) is 12.5 Å². The van der Waals surface area contributed by atoms with Crippen LogP contribution in [0.2, 0.25) is 5.02 Å². The van der Waals surface area contributed by atoms with Crippen LogP contribution in [0.3, 0.4) is 0 Å². The van der Waals surface area contributed by atoms with Gasteiger partial charge in [0.05, 0.1) is 7.05 Å². The lowest BCUT2D eigenvalue weighted by atomic mass is 10.2. The number of nitrogens with zero attached hydrogens (tertiary/aromatic N) is 1. The Labute approximate surface area is 158 Å². The molecule has 1 aliphatic heterocycles. The second-order valence-electron chi connectivity index (χ2n) is 6.67. The van der Waals surface area contributed by atoms with Crippen LogP contribution in [0.25, 0.3) is 0 Å². The number of likely N-dealkylation sites (N-methyl/N-ethyl adjacent to an activating group) is 1. The second kappa shape index (κ2) is 7.89. The van der Waals surface area contributed by atoms with Crippen LogP contribution >= 0.6 is 11.6 Å². The van der Waals surface area contributed by atoms with Crippen LogP contribution in [0, 0.1) is 0 Å². The van der Waals surface area contributed by atoms with Crippen molar-refractivity contribution in [3.63, 3.8) is 0 Å². The van der Waals surface area contributed by atoms with E-state index in [0.29, 0.717) is 17.3 Å². The Morgan fingerprint density at radius 2 is 1.88 bits per heavy atom. The first-order valence-electron chi connectivity index (χ1n) is 8.72. The number of carbonyl (C=O) groups is 2. The second-order valence-corrected chi connectivity index (χ2v) is 7.10. The van der Waals surface area contributed by atoms with Gasteiger partial charge in [0.1, 0.15) is 0 Å². The van der Waals surface area contributed by atoms with E-state index in [-0.39, 0.29) is 24.4 Å². The number of fused-ring (bicyclic) bond motifs is 1. The van der Waals surface area contributed by atoms with Crippen molar-refractivity contribution >= 4 is 34.8 Å². The van der Waals surface area contributed by atoms with Crippen molar-refractivity contribution in [3.05, 3.63) is 59.1 Å². The lowest BCUT2D eigenvalue weighted by Gasteiger charge is -2.25.